The molecule has 1 unspecified atom stereocenters. The third-order valence-electron chi connectivity index (χ3n) is 4.35. The van der Waals surface area contributed by atoms with Crippen LogP contribution in [-0.4, -0.2) is 13.7 Å². The minimum Gasteiger partial charge on any atom is -0.493 e. The Morgan fingerprint density at radius 3 is 2.50 bits per heavy atom. The van der Waals surface area contributed by atoms with Gasteiger partial charge < -0.3 is 14.8 Å². The van der Waals surface area contributed by atoms with Gasteiger partial charge in [0.2, 0.25) is 0 Å². The number of halogens is 2. The second kappa shape index (κ2) is 8.15. The molecular weight excluding hydrogens is 336 g/mol. The Hall–Kier alpha value is -2.66. The van der Waals surface area contributed by atoms with Crippen molar-refractivity contribution in [3.63, 3.8) is 0 Å². The number of methoxy groups -OCH3 is 1. The molecule has 0 fully saturated rings. The molecule has 3 aromatic carbocycles. The van der Waals surface area contributed by atoms with E-state index < -0.39 is 6.61 Å². The van der Waals surface area contributed by atoms with Crippen LogP contribution in [0.5, 0.6) is 11.5 Å². The molecule has 5 heteroatoms. The molecule has 0 spiro atoms. The summed E-state index contributed by atoms with van der Waals surface area (Å²) in [6, 6.07) is 19.6. The third-order valence-corrected chi connectivity index (χ3v) is 4.35. The van der Waals surface area contributed by atoms with Gasteiger partial charge in [0, 0.05) is 12.6 Å². The van der Waals surface area contributed by atoms with E-state index in [-0.39, 0.29) is 11.8 Å². The lowest BCUT2D eigenvalue weighted by Crippen LogP contribution is -2.18. The Morgan fingerprint density at radius 1 is 0.962 bits per heavy atom. The van der Waals surface area contributed by atoms with E-state index in [1.54, 1.807) is 12.1 Å². The van der Waals surface area contributed by atoms with E-state index in [0.717, 1.165) is 5.56 Å². The van der Waals surface area contributed by atoms with Crippen LogP contribution in [0.25, 0.3) is 10.8 Å². The van der Waals surface area contributed by atoms with Gasteiger partial charge in [-0.1, -0.05) is 48.5 Å². The number of benzene rings is 3. The molecule has 0 amide bonds. The zero-order valence-corrected chi connectivity index (χ0v) is 14.7. The summed E-state index contributed by atoms with van der Waals surface area (Å²) in [7, 11) is 1.43. The second-order valence-corrected chi connectivity index (χ2v) is 6.03. The van der Waals surface area contributed by atoms with Gasteiger partial charge in [0.25, 0.3) is 0 Å². The average Bonchev–Trinajstić information content (AvgIpc) is 2.66. The van der Waals surface area contributed by atoms with Gasteiger partial charge in [-0.05, 0) is 41.0 Å². The number of alkyl halides is 2. The van der Waals surface area contributed by atoms with Crippen molar-refractivity contribution in [2.75, 3.05) is 7.11 Å². The summed E-state index contributed by atoms with van der Waals surface area (Å²) in [5.41, 5.74) is 2.14. The Morgan fingerprint density at radius 2 is 1.73 bits per heavy atom. The smallest absolute Gasteiger partial charge is 0.387 e. The Balaban J connectivity index is 1.74. The average molecular weight is 357 g/mol. The van der Waals surface area contributed by atoms with Crippen LogP contribution in [0.3, 0.4) is 0 Å². The van der Waals surface area contributed by atoms with Crippen molar-refractivity contribution < 1.29 is 18.3 Å². The first-order valence-electron chi connectivity index (χ1n) is 8.41. The summed E-state index contributed by atoms with van der Waals surface area (Å²) < 4.78 is 34.4. The summed E-state index contributed by atoms with van der Waals surface area (Å²) in [5, 5.41) is 5.89. The van der Waals surface area contributed by atoms with Gasteiger partial charge in [-0.3, -0.25) is 0 Å². The first kappa shape index (κ1) is 18.1. The zero-order valence-electron chi connectivity index (χ0n) is 14.7. The molecule has 3 nitrogen and oxygen atoms in total. The molecule has 0 aliphatic heterocycles. The van der Waals surface area contributed by atoms with Gasteiger partial charge in [0.1, 0.15) is 0 Å². The van der Waals surface area contributed by atoms with Crippen LogP contribution in [0.1, 0.15) is 24.1 Å². The number of fused-ring (bicyclic) bond motifs is 1. The fourth-order valence-corrected chi connectivity index (χ4v) is 3.02. The van der Waals surface area contributed by atoms with Crippen LogP contribution in [0.4, 0.5) is 8.78 Å². The van der Waals surface area contributed by atoms with Crippen molar-refractivity contribution in [1.29, 1.82) is 0 Å². The molecule has 0 aliphatic rings. The van der Waals surface area contributed by atoms with Crippen molar-refractivity contribution in [1.82, 2.24) is 5.32 Å². The van der Waals surface area contributed by atoms with Crippen molar-refractivity contribution in [2.45, 2.75) is 26.1 Å². The summed E-state index contributed by atoms with van der Waals surface area (Å²) in [5.74, 6) is 0.329. The summed E-state index contributed by atoms with van der Waals surface area (Å²) in [4.78, 5) is 0. The zero-order chi connectivity index (χ0) is 18.5. The van der Waals surface area contributed by atoms with Gasteiger partial charge in [-0.25, -0.2) is 0 Å². The predicted octanol–water partition coefficient (Wildman–Crippen LogP) is 5.30. The summed E-state index contributed by atoms with van der Waals surface area (Å²) in [6.45, 7) is -0.192. The van der Waals surface area contributed by atoms with Crippen molar-refractivity contribution in [3.05, 3.63) is 71.8 Å². The minimum absolute atomic E-state index is 0.0355. The van der Waals surface area contributed by atoms with Gasteiger partial charge in [-0.15, -0.1) is 0 Å². The Kier molecular flexibility index (Phi) is 5.68. The molecule has 0 aromatic heterocycles. The molecule has 0 bridgehead atoms. The van der Waals surface area contributed by atoms with Crippen molar-refractivity contribution >= 4 is 10.8 Å². The van der Waals surface area contributed by atoms with E-state index in [1.165, 1.54) is 29.5 Å². The minimum atomic E-state index is -2.88. The fraction of sp³-hybridized carbons (Fsp3) is 0.238. The lowest BCUT2D eigenvalue weighted by atomic mass is 9.99. The number of hydrogen-bond donors (Lipinski definition) is 1. The van der Waals surface area contributed by atoms with Crippen LogP contribution in [0.2, 0.25) is 0 Å². The molecule has 3 rings (SSSR count). The summed E-state index contributed by atoms with van der Waals surface area (Å²) >= 11 is 0. The van der Waals surface area contributed by atoms with Gasteiger partial charge in [0.05, 0.1) is 7.11 Å². The van der Waals surface area contributed by atoms with E-state index in [4.69, 9.17) is 4.74 Å². The topological polar surface area (TPSA) is 30.5 Å². The maximum atomic E-state index is 12.4. The Labute approximate surface area is 151 Å². The van der Waals surface area contributed by atoms with E-state index in [9.17, 15) is 8.78 Å². The molecule has 0 aliphatic carbocycles. The highest BCUT2D eigenvalue weighted by Gasteiger charge is 2.12. The quantitative estimate of drug-likeness (QED) is 0.622. The van der Waals surface area contributed by atoms with Crippen molar-refractivity contribution in [2.24, 2.45) is 0 Å². The first-order valence-corrected chi connectivity index (χ1v) is 8.41. The molecule has 0 radical (unpaired) electrons. The van der Waals surface area contributed by atoms with Crippen LogP contribution in [0, 0.1) is 0 Å². The molecule has 1 N–H and O–H groups in total. The van der Waals surface area contributed by atoms with Crippen LogP contribution in [0.15, 0.2) is 60.7 Å². The SMILES string of the molecule is COc1cc(CNC(C)c2cccc3ccccc23)ccc1OC(F)F. The maximum Gasteiger partial charge on any atom is 0.387 e. The molecule has 0 heterocycles. The van der Waals surface area contributed by atoms with Crippen LogP contribution in [-0.2, 0) is 6.54 Å². The second-order valence-electron chi connectivity index (χ2n) is 6.03. The van der Waals surface area contributed by atoms with E-state index in [2.05, 4.69) is 47.3 Å². The highest BCUT2D eigenvalue weighted by Crippen LogP contribution is 2.30. The van der Waals surface area contributed by atoms with Gasteiger partial charge >= 0.3 is 6.61 Å². The highest BCUT2D eigenvalue weighted by molar-refractivity contribution is 5.86. The number of rotatable bonds is 7. The molecule has 0 saturated heterocycles. The number of hydrogen-bond acceptors (Lipinski definition) is 3. The van der Waals surface area contributed by atoms with Gasteiger partial charge in [0.15, 0.2) is 11.5 Å². The largest absolute Gasteiger partial charge is 0.493 e. The van der Waals surface area contributed by atoms with E-state index in [1.807, 2.05) is 12.1 Å². The number of ether oxygens (including phenoxy) is 2. The van der Waals surface area contributed by atoms with Crippen molar-refractivity contribution in [3.8, 4) is 11.5 Å². The molecule has 136 valence electrons. The molecule has 3 aromatic rings. The molecular formula is C21H21F2NO2. The van der Waals surface area contributed by atoms with Crippen LogP contribution >= 0.6 is 0 Å². The predicted molar refractivity (Wildman–Crippen MR) is 98.8 cm³/mol. The molecule has 26 heavy (non-hydrogen) atoms. The van der Waals surface area contributed by atoms with Crippen LogP contribution < -0.4 is 14.8 Å². The van der Waals surface area contributed by atoms with E-state index in [0.29, 0.717) is 12.3 Å². The molecule has 0 saturated carbocycles. The lowest BCUT2D eigenvalue weighted by molar-refractivity contribution is -0.0512. The standard InChI is InChI=1S/C21H21F2NO2/c1-14(17-9-5-7-16-6-3-4-8-18(16)17)24-13-15-10-11-19(26-21(22)23)20(12-15)25-2/h3-12,14,21,24H,13H2,1-2H3. The Bertz CT molecular complexity index is 878. The lowest BCUT2D eigenvalue weighted by Gasteiger charge is -2.17. The van der Waals surface area contributed by atoms with E-state index >= 15 is 0 Å². The number of nitrogens with one attached hydrogen (secondary N) is 1. The summed E-state index contributed by atoms with van der Waals surface area (Å²) in [6.07, 6.45) is 0. The first-order chi connectivity index (χ1) is 12.6. The third kappa shape index (κ3) is 4.11. The fourth-order valence-electron chi connectivity index (χ4n) is 3.02. The van der Waals surface area contributed by atoms with Gasteiger partial charge in [-0.2, -0.15) is 8.78 Å². The normalized spacial score (nSPS) is 12.3. The molecule has 1 atom stereocenters. The maximum absolute atomic E-state index is 12.4. The highest BCUT2D eigenvalue weighted by atomic mass is 19.3. The monoisotopic (exact) mass is 357 g/mol.